The number of pyridine rings is 1. The van der Waals surface area contributed by atoms with Gasteiger partial charge < -0.3 is 5.32 Å². The minimum Gasteiger partial charge on any atom is -0.387 e. The van der Waals surface area contributed by atoms with E-state index < -0.39 is 5.82 Å². The van der Waals surface area contributed by atoms with Crippen molar-refractivity contribution >= 4 is 39.8 Å². The third kappa shape index (κ3) is 2.26. The van der Waals surface area contributed by atoms with Gasteiger partial charge in [0.05, 0.1) is 21.2 Å². The summed E-state index contributed by atoms with van der Waals surface area (Å²) in [4.78, 5) is 4.49. The maximum Gasteiger partial charge on any atom is 0.161 e. The largest absolute Gasteiger partial charge is 0.387 e. The fraction of sp³-hybridized carbons (Fsp3) is 0.357. The molecule has 19 heavy (non-hydrogen) atoms. The molecule has 0 radical (unpaired) electrons. The van der Waals surface area contributed by atoms with Crippen molar-refractivity contribution in [3.05, 3.63) is 33.2 Å². The lowest BCUT2D eigenvalue weighted by Gasteiger charge is -2.19. The van der Waals surface area contributed by atoms with Crippen molar-refractivity contribution in [2.75, 3.05) is 12.4 Å². The van der Waals surface area contributed by atoms with E-state index in [1.807, 2.05) is 6.92 Å². The molecule has 0 bridgehead atoms. The summed E-state index contributed by atoms with van der Waals surface area (Å²) >= 11 is 11.9. The van der Waals surface area contributed by atoms with Crippen LogP contribution in [0.15, 0.2) is 6.07 Å². The number of benzene rings is 1. The van der Waals surface area contributed by atoms with Gasteiger partial charge in [0.2, 0.25) is 0 Å². The first-order valence-electron chi connectivity index (χ1n) is 6.03. The normalized spacial score (nSPS) is 11.4. The lowest BCUT2D eigenvalue weighted by molar-refractivity contribution is 0.630. The maximum absolute atomic E-state index is 13.9. The van der Waals surface area contributed by atoms with Gasteiger partial charge in [-0.05, 0) is 24.5 Å². The molecule has 1 N–H and O–H groups in total. The molecule has 1 aromatic heterocycles. The molecule has 0 fully saturated rings. The van der Waals surface area contributed by atoms with Crippen LogP contribution >= 0.6 is 23.2 Å². The van der Waals surface area contributed by atoms with Crippen molar-refractivity contribution in [3.63, 3.8) is 0 Å². The van der Waals surface area contributed by atoms with Gasteiger partial charge in [-0.2, -0.15) is 0 Å². The van der Waals surface area contributed by atoms with Crippen LogP contribution < -0.4 is 5.32 Å². The number of nitrogens with zero attached hydrogens (tertiary/aromatic N) is 1. The maximum atomic E-state index is 13.9. The quantitative estimate of drug-likeness (QED) is 0.775. The highest BCUT2D eigenvalue weighted by Gasteiger charge is 2.20. The summed E-state index contributed by atoms with van der Waals surface area (Å²) in [6.07, 6.45) is 0. The summed E-state index contributed by atoms with van der Waals surface area (Å²) in [5.74, 6) is -0.346. The molecular formula is C14H15Cl2FN2. The van der Waals surface area contributed by atoms with Gasteiger partial charge in [-0.1, -0.05) is 37.0 Å². The minimum absolute atomic E-state index is 0.0104. The number of halogens is 3. The average Bonchev–Trinajstić information content (AvgIpc) is 2.33. The van der Waals surface area contributed by atoms with Gasteiger partial charge in [-0.25, -0.2) is 4.39 Å². The first kappa shape index (κ1) is 14.4. The second kappa shape index (κ2) is 5.14. The summed E-state index contributed by atoms with van der Waals surface area (Å²) in [6.45, 7) is 6.06. The smallest absolute Gasteiger partial charge is 0.161 e. The van der Waals surface area contributed by atoms with Crippen LogP contribution in [0, 0.1) is 12.7 Å². The SMILES string of the molecule is CNc1c(C(C)C)c(C)nc2cc(Cl)c(F)c(Cl)c12. The number of anilines is 1. The van der Waals surface area contributed by atoms with E-state index in [9.17, 15) is 4.39 Å². The number of aromatic nitrogens is 1. The van der Waals surface area contributed by atoms with E-state index in [1.165, 1.54) is 6.07 Å². The molecular weight excluding hydrogens is 286 g/mol. The Labute approximate surface area is 121 Å². The van der Waals surface area contributed by atoms with E-state index in [-0.39, 0.29) is 16.0 Å². The molecule has 0 aliphatic carbocycles. The molecule has 0 aliphatic heterocycles. The highest BCUT2D eigenvalue weighted by molar-refractivity contribution is 6.39. The number of aryl methyl sites for hydroxylation is 1. The number of hydrogen-bond acceptors (Lipinski definition) is 2. The summed E-state index contributed by atoms with van der Waals surface area (Å²) in [5.41, 5.74) is 3.35. The van der Waals surface area contributed by atoms with Crippen LogP contribution in [-0.4, -0.2) is 12.0 Å². The Balaban J connectivity index is 3.00. The molecule has 0 saturated heterocycles. The molecule has 102 valence electrons. The molecule has 1 heterocycles. The molecule has 0 atom stereocenters. The van der Waals surface area contributed by atoms with E-state index >= 15 is 0 Å². The Hall–Kier alpha value is -1.06. The van der Waals surface area contributed by atoms with Crippen LogP contribution in [0.1, 0.15) is 31.0 Å². The zero-order chi connectivity index (χ0) is 14.3. The summed E-state index contributed by atoms with van der Waals surface area (Å²) < 4.78 is 13.9. The first-order chi connectivity index (χ1) is 8.88. The van der Waals surface area contributed by atoms with Crippen LogP contribution in [-0.2, 0) is 0 Å². The molecule has 0 spiro atoms. The predicted octanol–water partition coefficient (Wildman–Crippen LogP) is 5.15. The molecule has 1 aromatic carbocycles. The fourth-order valence-electron chi connectivity index (χ4n) is 2.43. The summed E-state index contributed by atoms with van der Waals surface area (Å²) in [6, 6.07) is 1.51. The van der Waals surface area contributed by atoms with E-state index in [4.69, 9.17) is 23.2 Å². The van der Waals surface area contributed by atoms with Crippen LogP contribution in [0.25, 0.3) is 10.9 Å². The summed E-state index contributed by atoms with van der Waals surface area (Å²) in [7, 11) is 1.79. The lowest BCUT2D eigenvalue weighted by Crippen LogP contribution is -2.04. The highest BCUT2D eigenvalue weighted by Crippen LogP contribution is 2.40. The van der Waals surface area contributed by atoms with Gasteiger partial charge in [0.25, 0.3) is 0 Å². The number of rotatable bonds is 2. The van der Waals surface area contributed by atoms with Crippen LogP contribution in [0.5, 0.6) is 0 Å². The molecule has 0 saturated carbocycles. The van der Waals surface area contributed by atoms with Crippen molar-refractivity contribution in [2.24, 2.45) is 0 Å². The van der Waals surface area contributed by atoms with Gasteiger partial charge in [0.15, 0.2) is 5.82 Å². The minimum atomic E-state index is -0.604. The van der Waals surface area contributed by atoms with Gasteiger partial charge in [-0.15, -0.1) is 0 Å². The standard InChI is InChI=1S/C14H15Cl2FN2/c1-6(2)10-7(3)19-9-5-8(15)13(17)12(16)11(9)14(10)18-4/h5-6H,1-4H3,(H,18,19). The predicted molar refractivity (Wildman–Crippen MR) is 80.1 cm³/mol. The first-order valence-corrected chi connectivity index (χ1v) is 6.79. The molecule has 2 rings (SSSR count). The Morgan fingerprint density at radius 1 is 1.32 bits per heavy atom. The molecule has 0 aliphatic rings. The Bertz CT molecular complexity index is 654. The van der Waals surface area contributed by atoms with Crippen molar-refractivity contribution in [1.82, 2.24) is 4.98 Å². The Morgan fingerprint density at radius 3 is 2.47 bits per heavy atom. The molecule has 0 amide bonds. The monoisotopic (exact) mass is 300 g/mol. The van der Waals surface area contributed by atoms with E-state index in [2.05, 4.69) is 24.1 Å². The van der Waals surface area contributed by atoms with Crippen molar-refractivity contribution in [3.8, 4) is 0 Å². The zero-order valence-corrected chi connectivity index (χ0v) is 12.7. The number of nitrogens with one attached hydrogen (secondary N) is 1. The van der Waals surface area contributed by atoms with Crippen molar-refractivity contribution in [1.29, 1.82) is 0 Å². The van der Waals surface area contributed by atoms with E-state index in [0.717, 1.165) is 16.9 Å². The highest BCUT2D eigenvalue weighted by atomic mass is 35.5. The zero-order valence-electron chi connectivity index (χ0n) is 11.2. The Morgan fingerprint density at radius 2 is 1.95 bits per heavy atom. The van der Waals surface area contributed by atoms with Crippen molar-refractivity contribution < 1.29 is 4.39 Å². The summed E-state index contributed by atoms with van der Waals surface area (Å²) in [5, 5.41) is 3.70. The van der Waals surface area contributed by atoms with Crippen molar-refractivity contribution in [2.45, 2.75) is 26.7 Å². The third-order valence-corrected chi connectivity index (χ3v) is 3.80. The van der Waals surface area contributed by atoms with Crippen LogP contribution in [0.2, 0.25) is 10.0 Å². The molecule has 2 nitrogen and oxygen atoms in total. The number of fused-ring (bicyclic) bond motifs is 1. The Kier molecular flexibility index (Phi) is 3.88. The second-order valence-corrected chi connectivity index (χ2v) is 5.56. The van der Waals surface area contributed by atoms with E-state index in [1.54, 1.807) is 7.05 Å². The van der Waals surface area contributed by atoms with E-state index in [0.29, 0.717) is 10.9 Å². The van der Waals surface area contributed by atoms with Gasteiger partial charge in [-0.3, -0.25) is 4.98 Å². The molecule has 0 unspecified atom stereocenters. The second-order valence-electron chi connectivity index (χ2n) is 4.77. The van der Waals surface area contributed by atoms with Gasteiger partial charge >= 0.3 is 0 Å². The third-order valence-electron chi connectivity index (χ3n) is 3.17. The fourth-order valence-corrected chi connectivity index (χ4v) is 2.97. The topological polar surface area (TPSA) is 24.9 Å². The van der Waals surface area contributed by atoms with Gasteiger partial charge in [0.1, 0.15) is 0 Å². The lowest BCUT2D eigenvalue weighted by atomic mass is 9.96. The van der Waals surface area contributed by atoms with Gasteiger partial charge in [0, 0.05) is 18.1 Å². The number of hydrogen-bond donors (Lipinski definition) is 1. The molecule has 2 aromatic rings. The van der Waals surface area contributed by atoms with Crippen LogP contribution in [0.4, 0.5) is 10.1 Å². The van der Waals surface area contributed by atoms with Crippen LogP contribution in [0.3, 0.4) is 0 Å². The average molecular weight is 301 g/mol. The molecule has 5 heteroatoms.